The van der Waals surface area contributed by atoms with Crippen molar-refractivity contribution >= 4 is 28.8 Å². The lowest BCUT2D eigenvalue weighted by Gasteiger charge is -2.17. The molecular weight excluding hydrogens is 306 g/mol. The molecule has 0 aliphatic rings. The molecule has 1 aromatic carbocycles. The van der Waals surface area contributed by atoms with Gasteiger partial charge in [-0.1, -0.05) is 11.6 Å². The van der Waals surface area contributed by atoms with E-state index < -0.39 is 0 Å². The Balaban J connectivity index is 2.10. The molecule has 3 nitrogen and oxygen atoms in total. The molecule has 0 aliphatic carbocycles. The van der Waals surface area contributed by atoms with Crippen LogP contribution in [0.4, 0.5) is 0 Å². The van der Waals surface area contributed by atoms with Gasteiger partial charge in [0.05, 0.1) is 17.5 Å². The minimum Gasteiger partial charge on any atom is -0.494 e. The summed E-state index contributed by atoms with van der Waals surface area (Å²) in [6.45, 7) is 5.06. The highest BCUT2D eigenvalue weighted by molar-refractivity contribution is 7.16. The van der Waals surface area contributed by atoms with Crippen molar-refractivity contribution < 1.29 is 9.53 Å². The van der Waals surface area contributed by atoms with E-state index in [0.29, 0.717) is 18.7 Å². The third-order valence-corrected chi connectivity index (χ3v) is 4.31. The highest BCUT2D eigenvalue weighted by atomic mass is 35.5. The van der Waals surface area contributed by atoms with Gasteiger partial charge in [0.1, 0.15) is 5.75 Å². The Morgan fingerprint density at radius 3 is 2.67 bits per heavy atom. The van der Waals surface area contributed by atoms with Crippen LogP contribution in [0.5, 0.6) is 5.75 Å². The van der Waals surface area contributed by atoms with Crippen molar-refractivity contribution in [3.05, 3.63) is 50.7 Å². The van der Waals surface area contributed by atoms with E-state index in [1.54, 1.807) is 18.0 Å². The maximum atomic E-state index is 12.4. The van der Waals surface area contributed by atoms with E-state index in [0.717, 1.165) is 20.5 Å². The van der Waals surface area contributed by atoms with Gasteiger partial charge in [-0.15, -0.1) is 11.3 Å². The van der Waals surface area contributed by atoms with Crippen LogP contribution in [-0.4, -0.2) is 24.5 Å². The average molecular weight is 324 g/mol. The van der Waals surface area contributed by atoms with E-state index in [2.05, 4.69) is 0 Å². The Kier molecular flexibility index (Phi) is 5.26. The van der Waals surface area contributed by atoms with Crippen LogP contribution in [0.2, 0.25) is 4.34 Å². The number of carbonyl (C=O) groups is 1. The van der Waals surface area contributed by atoms with Gasteiger partial charge in [0.2, 0.25) is 0 Å². The van der Waals surface area contributed by atoms with Crippen LogP contribution >= 0.6 is 22.9 Å². The molecule has 1 amide bonds. The molecule has 0 atom stereocenters. The van der Waals surface area contributed by atoms with Crippen LogP contribution in [0.25, 0.3) is 0 Å². The van der Waals surface area contributed by atoms with E-state index in [1.165, 1.54) is 11.3 Å². The van der Waals surface area contributed by atoms with E-state index >= 15 is 0 Å². The molecule has 0 spiro atoms. The minimum absolute atomic E-state index is 0.00864. The maximum Gasteiger partial charge on any atom is 0.253 e. The molecule has 0 saturated carbocycles. The molecule has 0 N–H and O–H groups in total. The summed E-state index contributed by atoms with van der Waals surface area (Å²) in [5.74, 6) is 0.812. The molecule has 112 valence electrons. The summed E-state index contributed by atoms with van der Waals surface area (Å²) in [6, 6.07) is 9.31. The quantitative estimate of drug-likeness (QED) is 0.817. The third-order valence-electron chi connectivity index (χ3n) is 3.09. The molecule has 0 aliphatic heterocycles. The Hall–Kier alpha value is -1.52. The zero-order valence-electron chi connectivity index (χ0n) is 12.4. The topological polar surface area (TPSA) is 29.5 Å². The smallest absolute Gasteiger partial charge is 0.253 e. The lowest BCUT2D eigenvalue weighted by Crippen LogP contribution is -2.25. The number of amides is 1. The fourth-order valence-corrected chi connectivity index (χ4v) is 3.20. The van der Waals surface area contributed by atoms with Crippen molar-refractivity contribution in [2.24, 2.45) is 0 Å². The summed E-state index contributed by atoms with van der Waals surface area (Å²) in [5, 5.41) is 0. The Morgan fingerprint density at radius 2 is 2.10 bits per heavy atom. The summed E-state index contributed by atoms with van der Waals surface area (Å²) in [6.07, 6.45) is 0. The number of halogens is 1. The van der Waals surface area contributed by atoms with Crippen molar-refractivity contribution in [1.29, 1.82) is 0 Å². The van der Waals surface area contributed by atoms with Gasteiger partial charge >= 0.3 is 0 Å². The van der Waals surface area contributed by atoms with Crippen molar-refractivity contribution in [2.75, 3.05) is 13.7 Å². The number of hydrogen-bond donors (Lipinski definition) is 0. The molecule has 0 saturated heterocycles. The number of thiophene rings is 1. The molecule has 0 radical (unpaired) electrons. The van der Waals surface area contributed by atoms with Gasteiger partial charge < -0.3 is 9.64 Å². The van der Waals surface area contributed by atoms with Gasteiger partial charge in [-0.2, -0.15) is 0 Å². The number of aryl methyl sites for hydroxylation is 1. The third kappa shape index (κ3) is 3.99. The Bertz CT molecular complexity index is 639. The maximum absolute atomic E-state index is 12.4. The zero-order chi connectivity index (χ0) is 15.4. The van der Waals surface area contributed by atoms with Crippen LogP contribution in [0.1, 0.15) is 27.7 Å². The summed E-state index contributed by atoms with van der Waals surface area (Å²) < 4.78 is 6.23. The van der Waals surface area contributed by atoms with Crippen LogP contribution in [0.3, 0.4) is 0 Å². The molecule has 21 heavy (non-hydrogen) atoms. The van der Waals surface area contributed by atoms with Gasteiger partial charge in [0.25, 0.3) is 5.91 Å². The average Bonchev–Trinajstić information content (AvgIpc) is 2.85. The first-order chi connectivity index (χ1) is 10.0. The predicted molar refractivity (Wildman–Crippen MR) is 87.5 cm³/mol. The number of rotatable bonds is 5. The SMILES string of the molecule is CCOc1ccc(C(=O)N(C)Cc2ccc(Cl)s2)cc1C. The van der Waals surface area contributed by atoms with E-state index in [9.17, 15) is 4.79 Å². The van der Waals surface area contributed by atoms with E-state index in [1.807, 2.05) is 38.1 Å². The van der Waals surface area contributed by atoms with Crippen LogP contribution in [0.15, 0.2) is 30.3 Å². The standard InChI is InChI=1S/C16H18ClNO2S/c1-4-20-14-7-5-12(9-11(14)2)16(19)18(3)10-13-6-8-15(17)21-13/h5-9H,4,10H2,1-3H3. The molecule has 2 rings (SSSR count). The molecule has 1 aromatic heterocycles. The highest BCUT2D eigenvalue weighted by Gasteiger charge is 2.14. The lowest BCUT2D eigenvalue weighted by molar-refractivity contribution is 0.0786. The van der Waals surface area contributed by atoms with Crippen LogP contribution < -0.4 is 4.74 Å². The first kappa shape index (κ1) is 15.9. The van der Waals surface area contributed by atoms with Crippen LogP contribution in [-0.2, 0) is 6.54 Å². The van der Waals surface area contributed by atoms with Gasteiger partial charge in [-0.05, 0) is 49.7 Å². The molecule has 2 aromatic rings. The van der Waals surface area contributed by atoms with Gasteiger partial charge in [0.15, 0.2) is 0 Å². The first-order valence-corrected chi connectivity index (χ1v) is 7.94. The minimum atomic E-state index is -0.00864. The number of nitrogens with zero attached hydrogens (tertiary/aromatic N) is 1. The Labute approximate surface area is 134 Å². The largest absolute Gasteiger partial charge is 0.494 e. The van der Waals surface area contributed by atoms with Crippen molar-refractivity contribution in [1.82, 2.24) is 4.90 Å². The summed E-state index contributed by atoms with van der Waals surface area (Å²) in [7, 11) is 1.79. The van der Waals surface area contributed by atoms with Gasteiger partial charge in [-0.3, -0.25) is 4.79 Å². The second-order valence-corrected chi connectivity index (χ2v) is 6.58. The lowest BCUT2D eigenvalue weighted by atomic mass is 10.1. The monoisotopic (exact) mass is 323 g/mol. The van der Waals surface area contributed by atoms with Crippen LogP contribution in [0, 0.1) is 6.92 Å². The number of ether oxygens (including phenoxy) is 1. The highest BCUT2D eigenvalue weighted by Crippen LogP contribution is 2.24. The van der Waals surface area contributed by atoms with Gasteiger partial charge in [-0.25, -0.2) is 0 Å². The second kappa shape index (κ2) is 6.96. The number of hydrogen-bond acceptors (Lipinski definition) is 3. The van der Waals surface area contributed by atoms with E-state index in [4.69, 9.17) is 16.3 Å². The molecule has 5 heteroatoms. The summed E-state index contributed by atoms with van der Waals surface area (Å²) in [4.78, 5) is 15.2. The predicted octanol–water partition coefficient (Wildman–Crippen LogP) is 4.38. The molecule has 0 bridgehead atoms. The van der Waals surface area contributed by atoms with E-state index in [-0.39, 0.29) is 5.91 Å². The second-order valence-electron chi connectivity index (χ2n) is 4.78. The molecule has 0 unspecified atom stereocenters. The fourth-order valence-electron chi connectivity index (χ4n) is 2.06. The molecule has 1 heterocycles. The van der Waals surface area contributed by atoms with Crippen molar-refractivity contribution in [3.8, 4) is 5.75 Å². The normalized spacial score (nSPS) is 10.5. The Morgan fingerprint density at radius 1 is 1.33 bits per heavy atom. The summed E-state index contributed by atoms with van der Waals surface area (Å²) >= 11 is 7.40. The number of benzene rings is 1. The zero-order valence-corrected chi connectivity index (χ0v) is 13.9. The molecular formula is C16H18ClNO2S. The number of carbonyl (C=O) groups excluding carboxylic acids is 1. The van der Waals surface area contributed by atoms with Gasteiger partial charge in [0, 0.05) is 17.5 Å². The van der Waals surface area contributed by atoms with Crippen molar-refractivity contribution in [2.45, 2.75) is 20.4 Å². The molecule has 0 fully saturated rings. The summed E-state index contributed by atoms with van der Waals surface area (Å²) in [5.41, 5.74) is 1.64. The first-order valence-electron chi connectivity index (χ1n) is 6.74. The fraction of sp³-hybridized carbons (Fsp3) is 0.312. The van der Waals surface area contributed by atoms with Crippen molar-refractivity contribution in [3.63, 3.8) is 0 Å².